The number of hydrogen-bond donors (Lipinski definition) is 3. The molecule has 1 aromatic rings. The second kappa shape index (κ2) is 10.8. The summed E-state index contributed by atoms with van der Waals surface area (Å²) in [6, 6.07) is 7.45. The number of nitrogens with zero attached hydrogens (tertiary/aromatic N) is 3. The molecule has 8 nitrogen and oxygen atoms in total. The minimum atomic E-state index is -0.487. The lowest BCUT2D eigenvalue weighted by Gasteiger charge is -2.37. The van der Waals surface area contributed by atoms with E-state index in [0.717, 1.165) is 50.8 Å². The Labute approximate surface area is 173 Å². The second-order valence-corrected chi connectivity index (χ2v) is 7.98. The van der Waals surface area contributed by atoms with E-state index >= 15 is 0 Å². The molecule has 0 spiro atoms. The van der Waals surface area contributed by atoms with Crippen LogP contribution < -0.4 is 15.5 Å². The van der Waals surface area contributed by atoms with Crippen LogP contribution in [0.1, 0.15) is 34.1 Å². The Morgan fingerprint density at radius 1 is 1.17 bits per heavy atom. The molecule has 0 unspecified atom stereocenters. The molecule has 1 amide bonds. The van der Waals surface area contributed by atoms with Gasteiger partial charge in [-0.05, 0) is 46.2 Å². The standard InChI is InChI=1S/C21H35N5O3/c1-5-22-19(23-11-8-12-24-20(28)29-21(2,3)4)26-15-13-25(14-16-26)17-9-6-7-10-18(17)27/h6-7,9-10,27H,5,8,11-16H2,1-4H3,(H,22,23)(H,24,28). The highest BCUT2D eigenvalue weighted by molar-refractivity contribution is 5.80. The summed E-state index contributed by atoms with van der Waals surface area (Å²) in [6.45, 7) is 12.8. The molecule has 162 valence electrons. The molecule has 1 aromatic carbocycles. The highest BCUT2D eigenvalue weighted by Crippen LogP contribution is 2.27. The average Bonchev–Trinajstić information content (AvgIpc) is 2.66. The molecule has 0 saturated carbocycles. The third-order valence-electron chi connectivity index (χ3n) is 4.40. The van der Waals surface area contributed by atoms with Crippen LogP contribution in [0.3, 0.4) is 0 Å². The number of benzene rings is 1. The number of piperazine rings is 1. The summed E-state index contributed by atoms with van der Waals surface area (Å²) in [7, 11) is 0. The summed E-state index contributed by atoms with van der Waals surface area (Å²) < 4.78 is 5.23. The highest BCUT2D eigenvalue weighted by Gasteiger charge is 2.21. The van der Waals surface area contributed by atoms with Crippen molar-refractivity contribution in [1.29, 1.82) is 0 Å². The Balaban J connectivity index is 1.79. The molecule has 1 aliphatic rings. The summed E-state index contributed by atoms with van der Waals surface area (Å²) in [5, 5.41) is 16.2. The first-order valence-corrected chi connectivity index (χ1v) is 10.3. The number of hydrogen-bond acceptors (Lipinski definition) is 5. The molecule has 1 saturated heterocycles. The molecule has 29 heavy (non-hydrogen) atoms. The predicted octanol–water partition coefficient (Wildman–Crippen LogP) is 2.39. The van der Waals surface area contributed by atoms with Crippen LogP contribution in [-0.4, -0.2) is 73.5 Å². The fourth-order valence-corrected chi connectivity index (χ4v) is 3.09. The third kappa shape index (κ3) is 7.71. The van der Waals surface area contributed by atoms with E-state index in [1.165, 1.54) is 0 Å². The van der Waals surface area contributed by atoms with Crippen LogP contribution in [-0.2, 0) is 4.74 Å². The number of nitrogens with one attached hydrogen (secondary N) is 2. The van der Waals surface area contributed by atoms with E-state index in [2.05, 4.69) is 27.4 Å². The van der Waals surface area contributed by atoms with Gasteiger partial charge in [0.1, 0.15) is 11.4 Å². The summed E-state index contributed by atoms with van der Waals surface area (Å²) in [5.74, 6) is 1.21. The Hall–Kier alpha value is -2.64. The zero-order chi connectivity index (χ0) is 21.3. The van der Waals surface area contributed by atoms with Crippen LogP contribution in [0.15, 0.2) is 29.3 Å². The van der Waals surface area contributed by atoms with Gasteiger partial charge in [0.15, 0.2) is 5.96 Å². The van der Waals surface area contributed by atoms with Gasteiger partial charge in [-0.1, -0.05) is 12.1 Å². The van der Waals surface area contributed by atoms with Crippen LogP contribution in [0.5, 0.6) is 5.75 Å². The van der Waals surface area contributed by atoms with Gasteiger partial charge in [-0.3, -0.25) is 4.99 Å². The van der Waals surface area contributed by atoms with E-state index < -0.39 is 11.7 Å². The number of phenols is 1. The molecule has 0 aliphatic carbocycles. The van der Waals surface area contributed by atoms with Gasteiger partial charge in [-0.15, -0.1) is 0 Å². The number of carbonyl (C=O) groups is 1. The normalized spacial score (nSPS) is 15.2. The lowest BCUT2D eigenvalue weighted by molar-refractivity contribution is 0.0527. The van der Waals surface area contributed by atoms with Crippen molar-refractivity contribution in [2.24, 2.45) is 4.99 Å². The van der Waals surface area contributed by atoms with Crippen molar-refractivity contribution in [3.8, 4) is 5.75 Å². The van der Waals surface area contributed by atoms with Gasteiger partial charge in [-0.2, -0.15) is 0 Å². The van der Waals surface area contributed by atoms with Gasteiger partial charge in [0.25, 0.3) is 0 Å². The Kier molecular flexibility index (Phi) is 8.42. The maximum atomic E-state index is 11.7. The zero-order valence-corrected chi connectivity index (χ0v) is 18.1. The first kappa shape index (κ1) is 22.6. The summed E-state index contributed by atoms with van der Waals surface area (Å²) >= 11 is 0. The van der Waals surface area contributed by atoms with Gasteiger partial charge in [0, 0.05) is 45.8 Å². The lowest BCUT2D eigenvalue weighted by Crippen LogP contribution is -2.52. The van der Waals surface area contributed by atoms with Crippen LogP contribution >= 0.6 is 0 Å². The number of phenolic OH excluding ortho intramolecular Hbond substituents is 1. The van der Waals surface area contributed by atoms with Gasteiger partial charge in [0.2, 0.25) is 0 Å². The van der Waals surface area contributed by atoms with Gasteiger partial charge >= 0.3 is 6.09 Å². The molecule has 1 fully saturated rings. The number of aromatic hydroxyl groups is 1. The first-order valence-electron chi connectivity index (χ1n) is 10.3. The summed E-state index contributed by atoms with van der Waals surface area (Å²) in [5.41, 5.74) is 0.390. The number of amides is 1. The van der Waals surface area contributed by atoms with Crippen molar-refractivity contribution in [1.82, 2.24) is 15.5 Å². The number of rotatable bonds is 6. The molecular weight excluding hydrogens is 370 g/mol. The van der Waals surface area contributed by atoms with Crippen molar-refractivity contribution in [3.05, 3.63) is 24.3 Å². The Morgan fingerprint density at radius 3 is 2.48 bits per heavy atom. The summed E-state index contributed by atoms with van der Waals surface area (Å²) in [6.07, 6.45) is 0.347. The molecule has 1 heterocycles. The molecule has 3 N–H and O–H groups in total. The van der Waals surface area contributed by atoms with Gasteiger partial charge < -0.3 is 30.3 Å². The Morgan fingerprint density at radius 2 is 1.86 bits per heavy atom. The molecule has 0 radical (unpaired) electrons. The first-order chi connectivity index (χ1) is 13.8. The van der Waals surface area contributed by atoms with Gasteiger partial charge in [-0.25, -0.2) is 4.79 Å². The van der Waals surface area contributed by atoms with E-state index in [1.807, 2.05) is 39.0 Å². The third-order valence-corrected chi connectivity index (χ3v) is 4.40. The van der Waals surface area contributed by atoms with Crippen molar-refractivity contribution in [2.45, 2.75) is 39.7 Å². The number of carbonyl (C=O) groups excluding carboxylic acids is 1. The number of para-hydroxylation sites is 2. The zero-order valence-electron chi connectivity index (χ0n) is 18.1. The quantitative estimate of drug-likeness (QED) is 0.383. The molecule has 1 aliphatic heterocycles. The van der Waals surface area contributed by atoms with Crippen LogP contribution in [0.2, 0.25) is 0 Å². The van der Waals surface area contributed by atoms with E-state index in [9.17, 15) is 9.90 Å². The van der Waals surface area contributed by atoms with Crippen LogP contribution in [0.25, 0.3) is 0 Å². The minimum absolute atomic E-state index is 0.319. The smallest absolute Gasteiger partial charge is 0.407 e. The highest BCUT2D eigenvalue weighted by atomic mass is 16.6. The molecule has 8 heteroatoms. The topological polar surface area (TPSA) is 89.4 Å². The molecule has 2 rings (SSSR count). The van der Waals surface area contributed by atoms with Crippen molar-refractivity contribution < 1.29 is 14.6 Å². The van der Waals surface area contributed by atoms with Gasteiger partial charge in [0.05, 0.1) is 5.69 Å². The van der Waals surface area contributed by atoms with Crippen molar-refractivity contribution in [2.75, 3.05) is 50.7 Å². The predicted molar refractivity (Wildman–Crippen MR) is 117 cm³/mol. The fourth-order valence-electron chi connectivity index (χ4n) is 3.09. The number of alkyl carbamates (subject to hydrolysis) is 1. The fraction of sp³-hybridized carbons (Fsp3) is 0.619. The molecular formula is C21H35N5O3. The van der Waals surface area contributed by atoms with E-state index in [-0.39, 0.29) is 0 Å². The SMILES string of the molecule is CCNC(=NCCCNC(=O)OC(C)(C)C)N1CCN(c2ccccc2O)CC1. The number of anilines is 1. The number of aliphatic imine (C=N–C) groups is 1. The lowest BCUT2D eigenvalue weighted by atomic mass is 10.2. The van der Waals surface area contributed by atoms with Crippen LogP contribution in [0, 0.1) is 0 Å². The second-order valence-electron chi connectivity index (χ2n) is 7.98. The molecule has 0 aromatic heterocycles. The summed E-state index contributed by atoms with van der Waals surface area (Å²) in [4.78, 5) is 20.8. The minimum Gasteiger partial charge on any atom is -0.506 e. The molecule has 0 bridgehead atoms. The number of guanidine groups is 1. The average molecular weight is 406 g/mol. The number of ether oxygens (including phenoxy) is 1. The molecule has 0 atom stereocenters. The maximum absolute atomic E-state index is 11.7. The van der Waals surface area contributed by atoms with Crippen LogP contribution in [0.4, 0.5) is 10.5 Å². The van der Waals surface area contributed by atoms with Crippen molar-refractivity contribution >= 4 is 17.7 Å². The van der Waals surface area contributed by atoms with E-state index in [0.29, 0.717) is 18.8 Å². The largest absolute Gasteiger partial charge is 0.506 e. The Bertz CT molecular complexity index is 679. The van der Waals surface area contributed by atoms with E-state index in [1.54, 1.807) is 6.07 Å². The van der Waals surface area contributed by atoms with Crippen molar-refractivity contribution in [3.63, 3.8) is 0 Å². The monoisotopic (exact) mass is 405 g/mol. The maximum Gasteiger partial charge on any atom is 0.407 e. The van der Waals surface area contributed by atoms with E-state index in [4.69, 9.17) is 9.73 Å².